The summed E-state index contributed by atoms with van der Waals surface area (Å²) < 4.78 is 2.41. The van der Waals surface area contributed by atoms with Crippen LogP contribution in [0.1, 0.15) is 35.8 Å². The van der Waals surface area contributed by atoms with E-state index in [-0.39, 0.29) is 0 Å². The van der Waals surface area contributed by atoms with Gasteiger partial charge in [-0.05, 0) is 30.9 Å². The van der Waals surface area contributed by atoms with Gasteiger partial charge in [0.25, 0.3) is 0 Å². The Balaban J connectivity index is 1.68. The normalized spacial score (nSPS) is 21.2. The topological polar surface area (TPSA) is 42.7 Å². The molecule has 0 aromatic carbocycles. The quantitative estimate of drug-likeness (QED) is 0.832. The molecule has 0 amide bonds. The zero-order valence-electron chi connectivity index (χ0n) is 10.3. The number of aryl methyl sites for hydroxylation is 1. The van der Waals surface area contributed by atoms with E-state index >= 15 is 0 Å². The summed E-state index contributed by atoms with van der Waals surface area (Å²) in [6, 6.07) is 2.63. The fraction of sp³-hybridized carbons (Fsp3) is 0.429. The van der Waals surface area contributed by atoms with E-state index in [2.05, 4.69) is 32.1 Å². The molecule has 1 atom stereocenters. The number of hydrogen-bond donors (Lipinski definition) is 1. The highest BCUT2D eigenvalue weighted by Crippen LogP contribution is 2.34. The van der Waals surface area contributed by atoms with Gasteiger partial charge in [-0.15, -0.1) is 0 Å². The highest BCUT2D eigenvalue weighted by Gasteiger charge is 2.27. The van der Waals surface area contributed by atoms with Gasteiger partial charge < -0.3 is 9.88 Å². The minimum Gasteiger partial charge on any atom is -0.361 e. The van der Waals surface area contributed by atoms with Crippen LogP contribution in [0.3, 0.4) is 0 Å². The standard InChI is InChI=1S/C14H16N4/c1-2-7-18-8-4-10(13(18)3-1)11-9-12-14(17-11)16-6-5-15-12/h4-6,8,11H,1-3,7,9H2,(H,16,17). The third kappa shape index (κ3) is 1.45. The average Bonchev–Trinajstić information content (AvgIpc) is 3.02. The van der Waals surface area contributed by atoms with Gasteiger partial charge in [0.1, 0.15) is 5.82 Å². The summed E-state index contributed by atoms with van der Waals surface area (Å²) in [6.07, 6.45) is 10.5. The lowest BCUT2D eigenvalue weighted by Crippen LogP contribution is -2.14. The Morgan fingerprint density at radius 2 is 2.17 bits per heavy atom. The number of aromatic nitrogens is 3. The fourth-order valence-corrected chi connectivity index (χ4v) is 3.15. The van der Waals surface area contributed by atoms with Crippen molar-refractivity contribution in [2.75, 3.05) is 5.32 Å². The molecule has 2 aliphatic heterocycles. The number of hydrogen-bond acceptors (Lipinski definition) is 3. The van der Waals surface area contributed by atoms with Crippen molar-refractivity contribution in [3.05, 3.63) is 41.6 Å². The number of anilines is 1. The van der Waals surface area contributed by atoms with Crippen LogP contribution < -0.4 is 5.32 Å². The fourth-order valence-electron chi connectivity index (χ4n) is 3.15. The van der Waals surface area contributed by atoms with Gasteiger partial charge >= 0.3 is 0 Å². The van der Waals surface area contributed by atoms with Gasteiger partial charge in [-0.3, -0.25) is 4.98 Å². The van der Waals surface area contributed by atoms with Crippen molar-refractivity contribution in [1.29, 1.82) is 0 Å². The molecule has 1 N–H and O–H groups in total. The van der Waals surface area contributed by atoms with Crippen molar-refractivity contribution in [2.45, 2.75) is 38.3 Å². The Morgan fingerprint density at radius 1 is 1.22 bits per heavy atom. The van der Waals surface area contributed by atoms with Crippen molar-refractivity contribution in [3.8, 4) is 0 Å². The molecule has 0 spiro atoms. The molecule has 0 bridgehead atoms. The molecule has 4 rings (SSSR count). The van der Waals surface area contributed by atoms with E-state index in [1.807, 2.05) is 0 Å². The summed E-state index contributed by atoms with van der Waals surface area (Å²) in [7, 11) is 0. The maximum Gasteiger partial charge on any atom is 0.148 e. The van der Waals surface area contributed by atoms with E-state index < -0.39 is 0 Å². The maximum absolute atomic E-state index is 4.40. The van der Waals surface area contributed by atoms with Gasteiger partial charge in [-0.1, -0.05) is 0 Å². The van der Waals surface area contributed by atoms with Crippen LogP contribution in [0.15, 0.2) is 24.7 Å². The summed E-state index contributed by atoms with van der Waals surface area (Å²) in [4.78, 5) is 8.75. The molecule has 4 nitrogen and oxygen atoms in total. The molecule has 0 saturated heterocycles. The maximum atomic E-state index is 4.40. The Kier molecular flexibility index (Phi) is 2.15. The summed E-state index contributed by atoms with van der Waals surface area (Å²) in [6.45, 7) is 1.17. The molecule has 4 heterocycles. The Morgan fingerprint density at radius 3 is 3.11 bits per heavy atom. The molecule has 2 aromatic heterocycles. The summed E-state index contributed by atoms with van der Waals surface area (Å²) in [5.41, 5.74) is 4.04. The molecule has 92 valence electrons. The first-order valence-electron chi connectivity index (χ1n) is 6.66. The van der Waals surface area contributed by atoms with Crippen molar-refractivity contribution in [1.82, 2.24) is 14.5 Å². The number of nitrogens with one attached hydrogen (secondary N) is 1. The molecule has 0 aliphatic carbocycles. The highest BCUT2D eigenvalue weighted by molar-refractivity contribution is 5.50. The largest absolute Gasteiger partial charge is 0.361 e. The van der Waals surface area contributed by atoms with E-state index in [1.165, 1.54) is 37.1 Å². The smallest absolute Gasteiger partial charge is 0.148 e. The van der Waals surface area contributed by atoms with Crippen molar-refractivity contribution < 1.29 is 0 Å². The molecule has 0 saturated carbocycles. The lowest BCUT2D eigenvalue weighted by Gasteiger charge is -2.19. The van der Waals surface area contributed by atoms with Crippen molar-refractivity contribution in [3.63, 3.8) is 0 Å². The van der Waals surface area contributed by atoms with Crippen molar-refractivity contribution in [2.24, 2.45) is 0 Å². The van der Waals surface area contributed by atoms with Gasteiger partial charge in [0, 0.05) is 37.3 Å². The highest BCUT2D eigenvalue weighted by atomic mass is 15.1. The Labute approximate surface area is 106 Å². The van der Waals surface area contributed by atoms with Crippen LogP contribution in [0.5, 0.6) is 0 Å². The second-order valence-corrected chi connectivity index (χ2v) is 5.12. The number of rotatable bonds is 1. The van der Waals surface area contributed by atoms with Crippen LogP contribution in [0.25, 0.3) is 0 Å². The molecule has 18 heavy (non-hydrogen) atoms. The molecular weight excluding hydrogens is 224 g/mol. The number of nitrogens with zero attached hydrogens (tertiary/aromatic N) is 3. The van der Waals surface area contributed by atoms with Gasteiger partial charge in [0.15, 0.2) is 0 Å². The zero-order valence-corrected chi connectivity index (χ0v) is 10.3. The SMILES string of the molecule is c1cnc2c(n1)CC(c1ccn3c1CCCC3)N2. The van der Waals surface area contributed by atoms with Crippen LogP contribution >= 0.6 is 0 Å². The predicted molar refractivity (Wildman–Crippen MR) is 69.5 cm³/mol. The molecule has 2 aliphatic rings. The monoisotopic (exact) mass is 240 g/mol. The minimum atomic E-state index is 0.358. The van der Waals surface area contributed by atoms with Crippen molar-refractivity contribution >= 4 is 5.82 Å². The number of fused-ring (bicyclic) bond motifs is 2. The average molecular weight is 240 g/mol. The van der Waals surface area contributed by atoms with Crippen LogP contribution in [-0.2, 0) is 19.4 Å². The Hall–Kier alpha value is -1.84. The molecule has 0 radical (unpaired) electrons. The third-order valence-corrected chi connectivity index (χ3v) is 4.03. The third-order valence-electron chi connectivity index (χ3n) is 4.03. The van der Waals surface area contributed by atoms with Crippen LogP contribution in [0.4, 0.5) is 5.82 Å². The predicted octanol–water partition coefficient (Wildman–Crippen LogP) is 2.32. The first-order valence-corrected chi connectivity index (χ1v) is 6.66. The van der Waals surface area contributed by atoms with Gasteiger partial charge in [0.05, 0.1) is 11.7 Å². The molecular formula is C14H16N4. The zero-order chi connectivity index (χ0) is 11.9. The van der Waals surface area contributed by atoms with Gasteiger partial charge in [0.2, 0.25) is 0 Å². The summed E-state index contributed by atoms with van der Waals surface area (Å²) >= 11 is 0. The van der Waals surface area contributed by atoms with E-state index in [0.717, 1.165) is 17.9 Å². The summed E-state index contributed by atoms with van der Waals surface area (Å²) in [5, 5.41) is 3.50. The molecule has 2 aromatic rings. The van der Waals surface area contributed by atoms with E-state index in [1.54, 1.807) is 12.4 Å². The Bertz CT molecular complexity index is 562. The lowest BCUT2D eigenvalue weighted by atomic mass is 10.0. The van der Waals surface area contributed by atoms with Crippen LogP contribution in [0.2, 0.25) is 0 Å². The minimum absolute atomic E-state index is 0.358. The van der Waals surface area contributed by atoms with Crippen LogP contribution in [0, 0.1) is 0 Å². The first-order chi connectivity index (χ1) is 8.92. The second kappa shape index (κ2) is 3.83. The molecule has 4 heteroatoms. The summed E-state index contributed by atoms with van der Waals surface area (Å²) in [5.74, 6) is 0.957. The lowest BCUT2D eigenvalue weighted by molar-refractivity contribution is 0.527. The van der Waals surface area contributed by atoms with Gasteiger partial charge in [-0.2, -0.15) is 0 Å². The van der Waals surface area contributed by atoms with Gasteiger partial charge in [-0.25, -0.2) is 4.98 Å². The van der Waals surface area contributed by atoms with E-state index in [0.29, 0.717) is 6.04 Å². The molecule has 0 fully saturated rings. The van der Waals surface area contributed by atoms with E-state index in [4.69, 9.17) is 0 Å². The van der Waals surface area contributed by atoms with Crippen LogP contribution in [-0.4, -0.2) is 14.5 Å². The first kappa shape index (κ1) is 10.1. The molecule has 1 unspecified atom stereocenters. The van der Waals surface area contributed by atoms with E-state index in [9.17, 15) is 0 Å². The second-order valence-electron chi connectivity index (χ2n) is 5.12.